The highest BCUT2D eigenvalue weighted by molar-refractivity contribution is 5.79. The highest BCUT2D eigenvalue weighted by atomic mass is 19.1. The van der Waals surface area contributed by atoms with Crippen LogP contribution in [0.4, 0.5) is 4.39 Å². The molecule has 0 saturated heterocycles. The molecule has 108 valence electrons. The third kappa shape index (κ3) is 2.34. The first-order chi connectivity index (χ1) is 10.0. The number of furan rings is 1. The van der Waals surface area contributed by atoms with E-state index in [0.717, 1.165) is 16.5 Å². The Kier molecular flexibility index (Phi) is 3.30. The summed E-state index contributed by atoms with van der Waals surface area (Å²) < 4.78 is 19.3. The van der Waals surface area contributed by atoms with Crippen molar-refractivity contribution in [1.82, 2.24) is 0 Å². The molecule has 0 saturated carbocycles. The van der Waals surface area contributed by atoms with E-state index in [4.69, 9.17) is 4.42 Å². The first-order valence-electron chi connectivity index (χ1n) is 7.02. The summed E-state index contributed by atoms with van der Waals surface area (Å²) in [7, 11) is 0. The zero-order valence-electron chi connectivity index (χ0n) is 12.1. The fourth-order valence-electron chi connectivity index (χ4n) is 2.63. The van der Waals surface area contributed by atoms with Gasteiger partial charge in [-0.05, 0) is 49.2 Å². The predicted octanol–water partition coefficient (Wildman–Crippen LogP) is 4.53. The largest absolute Gasteiger partial charge is 0.458 e. The van der Waals surface area contributed by atoms with Crippen LogP contribution in [0.5, 0.6) is 0 Å². The highest BCUT2D eigenvalue weighted by Gasteiger charge is 2.33. The predicted molar refractivity (Wildman–Crippen MR) is 80.6 cm³/mol. The van der Waals surface area contributed by atoms with Gasteiger partial charge < -0.3 is 9.52 Å². The molecule has 1 heterocycles. The second-order valence-corrected chi connectivity index (χ2v) is 5.38. The number of benzene rings is 2. The van der Waals surface area contributed by atoms with E-state index < -0.39 is 5.60 Å². The monoisotopic (exact) mass is 284 g/mol. The lowest BCUT2D eigenvalue weighted by atomic mass is 9.88. The molecule has 3 heteroatoms. The Bertz CT molecular complexity index is 791. The summed E-state index contributed by atoms with van der Waals surface area (Å²) in [4.78, 5) is 0. The van der Waals surface area contributed by atoms with Crippen LogP contribution in [0.1, 0.15) is 30.2 Å². The van der Waals surface area contributed by atoms with Crippen molar-refractivity contribution in [3.8, 4) is 0 Å². The standard InChI is InChI=1S/C18H17FO2/c1-3-18(20,14-5-4-6-15(19)11-14)17-10-13-9-12(2)7-8-16(13)21-17/h4-11,20H,3H2,1-2H3. The quantitative estimate of drug-likeness (QED) is 0.766. The van der Waals surface area contributed by atoms with Gasteiger partial charge in [0, 0.05) is 5.39 Å². The number of halogens is 1. The van der Waals surface area contributed by atoms with Crippen molar-refractivity contribution >= 4 is 11.0 Å². The van der Waals surface area contributed by atoms with Gasteiger partial charge in [0.25, 0.3) is 0 Å². The lowest BCUT2D eigenvalue weighted by molar-refractivity contribution is 0.0541. The Morgan fingerprint density at radius 1 is 1.14 bits per heavy atom. The van der Waals surface area contributed by atoms with Crippen LogP contribution in [0.15, 0.2) is 52.9 Å². The van der Waals surface area contributed by atoms with E-state index in [1.807, 2.05) is 38.1 Å². The molecule has 3 aromatic rings. The smallest absolute Gasteiger partial charge is 0.147 e. The molecule has 0 bridgehead atoms. The molecule has 3 rings (SSSR count). The maximum absolute atomic E-state index is 13.5. The van der Waals surface area contributed by atoms with Gasteiger partial charge >= 0.3 is 0 Å². The van der Waals surface area contributed by atoms with Gasteiger partial charge in [-0.2, -0.15) is 0 Å². The van der Waals surface area contributed by atoms with Crippen molar-refractivity contribution < 1.29 is 13.9 Å². The molecule has 0 fully saturated rings. The van der Waals surface area contributed by atoms with Crippen molar-refractivity contribution in [3.05, 3.63) is 71.2 Å². The number of hydrogen-bond donors (Lipinski definition) is 1. The van der Waals surface area contributed by atoms with Gasteiger partial charge in [0.2, 0.25) is 0 Å². The fraction of sp³-hybridized carbons (Fsp3) is 0.222. The number of aryl methyl sites for hydroxylation is 1. The van der Waals surface area contributed by atoms with Crippen molar-refractivity contribution in [1.29, 1.82) is 0 Å². The maximum Gasteiger partial charge on any atom is 0.147 e. The number of aliphatic hydroxyl groups is 1. The van der Waals surface area contributed by atoms with E-state index in [-0.39, 0.29) is 5.82 Å². The van der Waals surface area contributed by atoms with Crippen LogP contribution < -0.4 is 0 Å². The lowest BCUT2D eigenvalue weighted by Gasteiger charge is -2.25. The van der Waals surface area contributed by atoms with Crippen LogP contribution in [0, 0.1) is 12.7 Å². The molecule has 0 spiro atoms. The van der Waals surface area contributed by atoms with E-state index in [1.165, 1.54) is 12.1 Å². The molecule has 0 aliphatic carbocycles. The Labute approximate surface area is 122 Å². The second kappa shape index (κ2) is 5.01. The zero-order valence-corrected chi connectivity index (χ0v) is 12.1. The molecule has 2 nitrogen and oxygen atoms in total. The topological polar surface area (TPSA) is 33.4 Å². The van der Waals surface area contributed by atoms with Crippen LogP contribution in [0.3, 0.4) is 0 Å². The van der Waals surface area contributed by atoms with Crippen LogP contribution in [0.2, 0.25) is 0 Å². The minimum Gasteiger partial charge on any atom is -0.458 e. The van der Waals surface area contributed by atoms with Crippen molar-refractivity contribution in [3.63, 3.8) is 0 Å². The first kappa shape index (κ1) is 13.8. The average molecular weight is 284 g/mol. The molecule has 0 radical (unpaired) electrons. The summed E-state index contributed by atoms with van der Waals surface area (Å²) in [6, 6.07) is 13.7. The summed E-state index contributed by atoms with van der Waals surface area (Å²) in [6.07, 6.45) is 0.398. The number of rotatable bonds is 3. The molecule has 21 heavy (non-hydrogen) atoms. The molecule has 0 amide bonds. The van der Waals surface area contributed by atoms with Crippen molar-refractivity contribution in [2.75, 3.05) is 0 Å². The minimum absolute atomic E-state index is 0.369. The van der Waals surface area contributed by atoms with Gasteiger partial charge in [-0.15, -0.1) is 0 Å². The minimum atomic E-state index is -1.32. The van der Waals surface area contributed by atoms with Gasteiger partial charge in [0.15, 0.2) is 0 Å². The third-order valence-corrected chi connectivity index (χ3v) is 3.89. The summed E-state index contributed by atoms with van der Waals surface area (Å²) >= 11 is 0. The summed E-state index contributed by atoms with van der Waals surface area (Å²) in [5.74, 6) is 0.0718. The van der Waals surface area contributed by atoms with Crippen LogP contribution in [-0.2, 0) is 5.60 Å². The Morgan fingerprint density at radius 2 is 1.95 bits per heavy atom. The van der Waals surface area contributed by atoms with Gasteiger partial charge in [0.05, 0.1) is 0 Å². The first-order valence-corrected chi connectivity index (χ1v) is 7.02. The van der Waals surface area contributed by atoms with Crippen LogP contribution in [-0.4, -0.2) is 5.11 Å². The molecule has 0 aliphatic heterocycles. The molecular weight excluding hydrogens is 267 g/mol. The Morgan fingerprint density at radius 3 is 2.67 bits per heavy atom. The molecule has 1 N–H and O–H groups in total. The van der Waals surface area contributed by atoms with Crippen LogP contribution in [0.25, 0.3) is 11.0 Å². The second-order valence-electron chi connectivity index (χ2n) is 5.38. The molecular formula is C18H17FO2. The van der Waals surface area contributed by atoms with E-state index >= 15 is 0 Å². The Hall–Kier alpha value is -2.13. The normalized spacial score (nSPS) is 14.3. The van der Waals surface area contributed by atoms with E-state index in [0.29, 0.717) is 17.7 Å². The van der Waals surface area contributed by atoms with Crippen LogP contribution >= 0.6 is 0 Å². The number of fused-ring (bicyclic) bond motifs is 1. The number of hydrogen-bond acceptors (Lipinski definition) is 2. The highest BCUT2D eigenvalue weighted by Crippen LogP contribution is 2.36. The molecule has 1 unspecified atom stereocenters. The van der Waals surface area contributed by atoms with Gasteiger partial charge in [-0.3, -0.25) is 0 Å². The molecule has 1 atom stereocenters. The third-order valence-electron chi connectivity index (χ3n) is 3.89. The van der Waals surface area contributed by atoms with E-state index in [1.54, 1.807) is 12.1 Å². The van der Waals surface area contributed by atoms with Gasteiger partial charge in [-0.25, -0.2) is 4.39 Å². The van der Waals surface area contributed by atoms with Crippen molar-refractivity contribution in [2.45, 2.75) is 25.9 Å². The van der Waals surface area contributed by atoms with E-state index in [9.17, 15) is 9.50 Å². The average Bonchev–Trinajstić information content (AvgIpc) is 2.89. The molecule has 0 aliphatic rings. The fourth-order valence-corrected chi connectivity index (χ4v) is 2.63. The van der Waals surface area contributed by atoms with Crippen molar-refractivity contribution in [2.24, 2.45) is 0 Å². The Balaban J connectivity index is 2.16. The summed E-state index contributed by atoms with van der Waals surface area (Å²) in [6.45, 7) is 3.86. The summed E-state index contributed by atoms with van der Waals surface area (Å²) in [5.41, 5.74) is 1.02. The molecule has 1 aromatic heterocycles. The molecule has 2 aromatic carbocycles. The van der Waals surface area contributed by atoms with Gasteiger partial charge in [-0.1, -0.05) is 30.7 Å². The SMILES string of the molecule is CCC(O)(c1cccc(F)c1)c1cc2cc(C)ccc2o1. The van der Waals surface area contributed by atoms with Gasteiger partial charge in [0.1, 0.15) is 22.8 Å². The van der Waals surface area contributed by atoms with E-state index in [2.05, 4.69) is 0 Å². The summed E-state index contributed by atoms with van der Waals surface area (Å²) in [5, 5.41) is 11.9. The lowest BCUT2D eigenvalue weighted by Crippen LogP contribution is -2.25. The maximum atomic E-state index is 13.5. The zero-order chi connectivity index (χ0) is 15.0.